The average molecular weight is 252 g/mol. The Balaban J connectivity index is 2.07. The van der Waals surface area contributed by atoms with E-state index in [9.17, 15) is 4.79 Å². The first-order valence-corrected chi connectivity index (χ1v) is 7.75. The second kappa shape index (κ2) is 6.05. The van der Waals surface area contributed by atoms with Crippen molar-refractivity contribution < 1.29 is 4.79 Å². The smallest absolute Gasteiger partial charge is 0.241 e. The zero-order valence-corrected chi connectivity index (χ0v) is 12.1. The number of carbonyl (C=O) groups is 1. The molecule has 0 aromatic carbocycles. The van der Waals surface area contributed by atoms with E-state index < -0.39 is 0 Å². The number of nitrogens with zero attached hydrogens (tertiary/aromatic N) is 1. The minimum absolute atomic E-state index is 0.0654. The molecule has 2 rings (SSSR count). The van der Waals surface area contributed by atoms with E-state index in [1.165, 1.54) is 32.1 Å². The van der Waals surface area contributed by atoms with Gasteiger partial charge in [0.15, 0.2) is 0 Å². The summed E-state index contributed by atoms with van der Waals surface area (Å²) in [6.45, 7) is 6.62. The van der Waals surface area contributed by atoms with Crippen LogP contribution in [0.5, 0.6) is 0 Å². The lowest BCUT2D eigenvalue weighted by Gasteiger charge is -2.31. The van der Waals surface area contributed by atoms with Crippen molar-refractivity contribution in [2.45, 2.75) is 84.0 Å². The summed E-state index contributed by atoms with van der Waals surface area (Å²) < 4.78 is 0. The molecule has 1 heterocycles. The summed E-state index contributed by atoms with van der Waals surface area (Å²) in [5.41, 5.74) is 0. The van der Waals surface area contributed by atoms with Crippen molar-refractivity contribution in [1.82, 2.24) is 10.2 Å². The highest BCUT2D eigenvalue weighted by Gasteiger charge is 2.40. The number of carbonyl (C=O) groups excluding carboxylic acids is 1. The molecular weight excluding hydrogens is 224 g/mol. The van der Waals surface area contributed by atoms with Gasteiger partial charge in [-0.1, -0.05) is 33.6 Å². The Labute approximate surface area is 111 Å². The molecule has 1 N–H and O–H groups in total. The van der Waals surface area contributed by atoms with E-state index >= 15 is 0 Å². The molecule has 2 fully saturated rings. The minimum Gasteiger partial charge on any atom is -0.323 e. The van der Waals surface area contributed by atoms with Crippen LogP contribution in [0, 0.1) is 5.92 Å². The molecule has 4 atom stereocenters. The maximum atomic E-state index is 12.5. The van der Waals surface area contributed by atoms with Crippen molar-refractivity contribution in [3.05, 3.63) is 0 Å². The predicted octanol–water partition coefficient (Wildman–Crippen LogP) is 2.90. The number of nitrogens with one attached hydrogen (secondary N) is 1. The SMILES string of the molecule is CCC1NC(CC)N(C2CCCC(C)CC2)C1=O. The van der Waals surface area contributed by atoms with Crippen LogP contribution in [-0.4, -0.2) is 29.1 Å². The Hall–Kier alpha value is -0.570. The number of rotatable bonds is 3. The third-order valence-corrected chi connectivity index (χ3v) is 4.70. The van der Waals surface area contributed by atoms with Gasteiger partial charge in [0.2, 0.25) is 5.91 Å². The van der Waals surface area contributed by atoms with E-state index in [-0.39, 0.29) is 12.2 Å². The van der Waals surface area contributed by atoms with Crippen molar-refractivity contribution in [3.8, 4) is 0 Å². The molecular formula is C15H28N2O. The highest BCUT2D eigenvalue weighted by molar-refractivity contribution is 5.84. The Bertz CT molecular complexity index is 292. The van der Waals surface area contributed by atoms with Crippen LogP contribution in [-0.2, 0) is 4.79 Å². The third-order valence-electron chi connectivity index (χ3n) is 4.70. The highest BCUT2D eigenvalue weighted by atomic mass is 16.2. The molecule has 0 aromatic heterocycles. The van der Waals surface area contributed by atoms with Gasteiger partial charge in [0, 0.05) is 6.04 Å². The van der Waals surface area contributed by atoms with Crippen molar-refractivity contribution in [1.29, 1.82) is 0 Å². The lowest BCUT2D eigenvalue weighted by molar-refractivity contribution is -0.132. The van der Waals surface area contributed by atoms with E-state index in [0.29, 0.717) is 11.9 Å². The lowest BCUT2D eigenvalue weighted by Crippen LogP contribution is -2.44. The van der Waals surface area contributed by atoms with E-state index in [1.54, 1.807) is 0 Å². The van der Waals surface area contributed by atoms with Gasteiger partial charge in [-0.25, -0.2) is 0 Å². The number of hydrogen-bond donors (Lipinski definition) is 1. The maximum absolute atomic E-state index is 12.5. The van der Waals surface area contributed by atoms with Gasteiger partial charge in [-0.05, 0) is 38.0 Å². The fourth-order valence-electron chi connectivity index (χ4n) is 3.50. The van der Waals surface area contributed by atoms with Crippen LogP contribution >= 0.6 is 0 Å². The zero-order valence-electron chi connectivity index (χ0n) is 12.1. The fourth-order valence-corrected chi connectivity index (χ4v) is 3.50. The third kappa shape index (κ3) is 2.71. The molecule has 18 heavy (non-hydrogen) atoms. The van der Waals surface area contributed by atoms with E-state index in [0.717, 1.165) is 18.8 Å². The summed E-state index contributed by atoms with van der Waals surface area (Å²) in [6.07, 6.45) is 8.50. The first-order chi connectivity index (χ1) is 8.67. The fraction of sp³-hybridized carbons (Fsp3) is 0.933. The van der Waals surface area contributed by atoms with Crippen LogP contribution in [0.2, 0.25) is 0 Å². The van der Waals surface area contributed by atoms with Crippen LogP contribution in [0.3, 0.4) is 0 Å². The second-order valence-electron chi connectivity index (χ2n) is 6.06. The first-order valence-electron chi connectivity index (χ1n) is 7.75. The molecule has 0 aromatic rings. The standard InChI is InChI=1S/C15H28N2O/c1-4-13-15(18)17(14(5-2)16-13)12-8-6-7-11(3)9-10-12/h11-14,16H,4-10H2,1-3H3. The van der Waals surface area contributed by atoms with Gasteiger partial charge in [0.1, 0.15) is 0 Å². The van der Waals surface area contributed by atoms with Crippen LogP contribution in [0.15, 0.2) is 0 Å². The Morgan fingerprint density at radius 3 is 2.61 bits per heavy atom. The van der Waals surface area contributed by atoms with E-state index in [2.05, 4.69) is 31.0 Å². The van der Waals surface area contributed by atoms with Crippen LogP contribution in [0.1, 0.15) is 65.7 Å². The summed E-state index contributed by atoms with van der Waals surface area (Å²) in [6, 6.07) is 0.548. The summed E-state index contributed by atoms with van der Waals surface area (Å²) in [5, 5.41) is 3.50. The number of hydrogen-bond acceptors (Lipinski definition) is 2. The summed E-state index contributed by atoms with van der Waals surface area (Å²) in [4.78, 5) is 14.6. The van der Waals surface area contributed by atoms with Gasteiger partial charge in [0.25, 0.3) is 0 Å². The minimum atomic E-state index is 0.0654. The largest absolute Gasteiger partial charge is 0.323 e. The molecule has 0 bridgehead atoms. The molecule has 1 saturated heterocycles. The van der Waals surface area contributed by atoms with Crippen LogP contribution in [0.4, 0.5) is 0 Å². The molecule has 1 aliphatic carbocycles. The van der Waals surface area contributed by atoms with Gasteiger partial charge in [-0.2, -0.15) is 0 Å². The zero-order chi connectivity index (χ0) is 13.1. The quantitative estimate of drug-likeness (QED) is 0.783. The van der Waals surface area contributed by atoms with Gasteiger partial charge in [0.05, 0.1) is 12.2 Å². The monoisotopic (exact) mass is 252 g/mol. The average Bonchev–Trinajstić information content (AvgIpc) is 2.54. The van der Waals surface area contributed by atoms with Gasteiger partial charge in [-0.3, -0.25) is 10.1 Å². The van der Waals surface area contributed by atoms with Crippen molar-refractivity contribution in [2.75, 3.05) is 0 Å². The molecule has 3 heteroatoms. The molecule has 4 unspecified atom stereocenters. The topological polar surface area (TPSA) is 32.3 Å². The van der Waals surface area contributed by atoms with Gasteiger partial charge >= 0.3 is 0 Å². The normalized spacial score (nSPS) is 37.9. The molecule has 0 spiro atoms. The van der Waals surface area contributed by atoms with Crippen molar-refractivity contribution >= 4 is 5.91 Å². The summed E-state index contributed by atoms with van der Waals surface area (Å²) in [5.74, 6) is 1.19. The summed E-state index contributed by atoms with van der Waals surface area (Å²) in [7, 11) is 0. The van der Waals surface area contributed by atoms with Crippen LogP contribution < -0.4 is 5.32 Å². The predicted molar refractivity (Wildman–Crippen MR) is 74.2 cm³/mol. The van der Waals surface area contributed by atoms with Crippen LogP contribution in [0.25, 0.3) is 0 Å². The van der Waals surface area contributed by atoms with Crippen molar-refractivity contribution in [2.24, 2.45) is 5.92 Å². The van der Waals surface area contributed by atoms with E-state index in [1.807, 2.05) is 0 Å². The molecule has 1 amide bonds. The van der Waals surface area contributed by atoms with Gasteiger partial charge < -0.3 is 4.90 Å². The first kappa shape index (κ1) is 13.9. The molecule has 2 aliphatic rings. The highest BCUT2D eigenvalue weighted by Crippen LogP contribution is 2.30. The molecule has 1 aliphatic heterocycles. The Morgan fingerprint density at radius 2 is 1.94 bits per heavy atom. The lowest BCUT2D eigenvalue weighted by atomic mass is 10.0. The molecule has 0 radical (unpaired) electrons. The van der Waals surface area contributed by atoms with Gasteiger partial charge in [-0.15, -0.1) is 0 Å². The maximum Gasteiger partial charge on any atom is 0.241 e. The second-order valence-corrected chi connectivity index (χ2v) is 6.06. The molecule has 1 saturated carbocycles. The Kier molecular flexibility index (Phi) is 4.66. The number of amides is 1. The molecule has 104 valence electrons. The summed E-state index contributed by atoms with van der Waals surface area (Å²) >= 11 is 0. The van der Waals surface area contributed by atoms with E-state index in [4.69, 9.17) is 0 Å². The van der Waals surface area contributed by atoms with Crippen molar-refractivity contribution in [3.63, 3.8) is 0 Å². The molecule has 3 nitrogen and oxygen atoms in total. The Morgan fingerprint density at radius 1 is 1.17 bits per heavy atom.